The predicted octanol–water partition coefficient (Wildman–Crippen LogP) is 2.98. The summed E-state index contributed by atoms with van der Waals surface area (Å²) in [4.78, 5) is 23.1. The Morgan fingerprint density at radius 3 is 2.64 bits per heavy atom. The van der Waals surface area contributed by atoms with Crippen molar-refractivity contribution in [2.45, 2.75) is 31.9 Å². The highest BCUT2D eigenvalue weighted by Gasteiger charge is 2.31. The minimum absolute atomic E-state index is 0.115. The third-order valence-electron chi connectivity index (χ3n) is 4.20. The number of carboxylic acid groups (broad SMARTS) is 1. The van der Waals surface area contributed by atoms with Gasteiger partial charge in [-0.25, -0.2) is 4.39 Å². The van der Waals surface area contributed by atoms with Gasteiger partial charge in [0.05, 0.1) is 5.92 Å². The lowest BCUT2D eigenvalue weighted by atomic mass is 10.1. The van der Waals surface area contributed by atoms with Crippen molar-refractivity contribution in [3.8, 4) is 5.75 Å². The van der Waals surface area contributed by atoms with E-state index in [4.69, 9.17) is 14.3 Å². The molecular weight excluding hydrogens is 329 g/mol. The summed E-state index contributed by atoms with van der Waals surface area (Å²) in [5, 5.41) is 11.8. The number of hydrogen-bond acceptors (Lipinski definition) is 4. The van der Waals surface area contributed by atoms with Crippen LogP contribution in [0, 0.1) is 11.7 Å². The molecule has 0 bridgehead atoms. The van der Waals surface area contributed by atoms with Crippen LogP contribution in [0.3, 0.4) is 0 Å². The Bertz CT molecular complexity index is 755. The highest BCUT2D eigenvalue weighted by molar-refractivity contribution is 5.91. The molecule has 2 aromatic rings. The van der Waals surface area contributed by atoms with Crippen molar-refractivity contribution in [3.05, 3.63) is 53.7 Å². The average Bonchev–Trinajstić information content (AvgIpc) is 3.23. The zero-order chi connectivity index (χ0) is 17.8. The van der Waals surface area contributed by atoms with Gasteiger partial charge in [-0.15, -0.1) is 0 Å². The van der Waals surface area contributed by atoms with Gasteiger partial charge in [0.25, 0.3) is 5.91 Å². The Kier molecular flexibility index (Phi) is 5.02. The smallest absolute Gasteiger partial charge is 0.306 e. The molecule has 1 amide bonds. The van der Waals surface area contributed by atoms with E-state index in [1.54, 1.807) is 12.1 Å². The van der Waals surface area contributed by atoms with Gasteiger partial charge in [0, 0.05) is 6.04 Å². The maximum absolute atomic E-state index is 12.8. The number of hydrogen-bond donors (Lipinski definition) is 2. The molecule has 132 valence electrons. The second-order valence-corrected chi connectivity index (χ2v) is 6.03. The average molecular weight is 347 g/mol. The number of benzene rings is 1. The number of nitrogens with one attached hydrogen (secondary N) is 1. The summed E-state index contributed by atoms with van der Waals surface area (Å²) in [5.74, 6) is -0.836. The minimum atomic E-state index is -0.824. The highest BCUT2D eigenvalue weighted by Crippen LogP contribution is 2.26. The Morgan fingerprint density at radius 2 is 1.96 bits per heavy atom. The fourth-order valence-electron chi connectivity index (χ4n) is 2.86. The number of rotatable bonds is 6. The largest absolute Gasteiger partial charge is 0.486 e. The first-order valence-corrected chi connectivity index (χ1v) is 8.02. The monoisotopic (exact) mass is 347 g/mol. The molecule has 1 aliphatic rings. The van der Waals surface area contributed by atoms with Crippen molar-refractivity contribution < 1.29 is 28.2 Å². The molecule has 1 aromatic heterocycles. The molecule has 7 heteroatoms. The van der Waals surface area contributed by atoms with Crippen molar-refractivity contribution in [2.24, 2.45) is 5.92 Å². The maximum Gasteiger partial charge on any atom is 0.306 e. The molecule has 1 aromatic carbocycles. The third-order valence-corrected chi connectivity index (χ3v) is 4.20. The summed E-state index contributed by atoms with van der Waals surface area (Å²) in [7, 11) is 0. The van der Waals surface area contributed by atoms with Gasteiger partial charge in [-0.2, -0.15) is 0 Å². The van der Waals surface area contributed by atoms with E-state index in [0.29, 0.717) is 30.8 Å². The van der Waals surface area contributed by atoms with Gasteiger partial charge in [0.2, 0.25) is 0 Å². The molecule has 2 atom stereocenters. The quantitative estimate of drug-likeness (QED) is 0.839. The van der Waals surface area contributed by atoms with E-state index in [2.05, 4.69) is 5.32 Å². The molecule has 1 saturated carbocycles. The number of carbonyl (C=O) groups excluding carboxylic acids is 1. The molecule has 0 aliphatic heterocycles. The normalized spacial score (nSPS) is 19.6. The Balaban J connectivity index is 1.51. The van der Waals surface area contributed by atoms with E-state index in [9.17, 15) is 14.0 Å². The molecule has 1 fully saturated rings. The predicted molar refractivity (Wildman–Crippen MR) is 85.7 cm³/mol. The number of amides is 1. The molecule has 2 N–H and O–H groups in total. The van der Waals surface area contributed by atoms with Crippen LogP contribution in [0.25, 0.3) is 0 Å². The first kappa shape index (κ1) is 17.0. The number of furan rings is 1. The van der Waals surface area contributed by atoms with Gasteiger partial charge in [-0.1, -0.05) is 0 Å². The van der Waals surface area contributed by atoms with E-state index >= 15 is 0 Å². The van der Waals surface area contributed by atoms with E-state index in [1.165, 1.54) is 24.3 Å². The van der Waals surface area contributed by atoms with E-state index in [-0.39, 0.29) is 30.1 Å². The first-order valence-electron chi connectivity index (χ1n) is 8.02. The fourth-order valence-corrected chi connectivity index (χ4v) is 2.86. The van der Waals surface area contributed by atoms with Gasteiger partial charge in [0.15, 0.2) is 5.76 Å². The summed E-state index contributed by atoms with van der Waals surface area (Å²) in [6, 6.07) is 8.62. The zero-order valence-electron chi connectivity index (χ0n) is 13.4. The molecule has 0 unspecified atom stereocenters. The molecule has 6 nitrogen and oxygen atoms in total. The van der Waals surface area contributed by atoms with Crippen molar-refractivity contribution >= 4 is 11.9 Å². The fraction of sp³-hybridized carbons (Fsp3) is 0.333. The van der Waals surface area contributed by atoms with E-state index in [1.807, 2.05) is 0 Å². The Hall–Kier alpha value is -2.83. The number of carboxylic acids is 1. The second kappa shape index (κ2) is 7.38. The van der Waals surface area contributed by atoms with E-state index < -0.39 is 11.9 Å². The summed E-state index contributed by atoms with van der Waals surface area (Å²) in [6.07, 6.45) is 1.64. The van der Waals surface area contributed by atoms with Crippen LogP contribution >= 0.6 is 0 Å². The molecule has 0 saturated heterocycles. The van der Waals surface area contributed by atoms with Crippen LogP contribution < -0.4 is 10.1 Å². The van der Waals surface area contributed by atoms with Crippen molar-refractivity contribution in [3.63, 3.8) is 0 Å². The van der Waals surface area contributed by atoms with Crippen LogP contribution in [-0.4, -0.2) is 23.0 Å². The minimum Gasteiger partial charge on any atom is -0.486 e. The third kappa shape index (κ3) is 4.37. The van der Waals surface area contributed by atoms with E-state index in [0.717, 1.165) is 0 Å². The van der Waals surface area contributed by atoms with Crippen LogP contribution in [0.5, 0.6) is 5.75 Å². The number of ether oxygens (including phenoxy) is 1. The first-order chi connectivity index (χ1) is 12.0. The summed E-state index contributed by atoms with van der Waals surface area (Å²) in [5.41, 5.74) is 0. The summed E-state index contributed by atoms with van der Waals surface area (Å²) < 4.78 is 23.7. The molecular formula is C18H18FNO5. The van der Waals surface area contributed by atoms with Crippen molar-refractivity contribution in [1.82, 2.24) is 5.32 Å². The van der Waals surface area contributed by atoms with Gasteiger partial charge < -0.3 is 19.6 Å². The molecule has 0 radical (unpaired) electrons. The molecule has 1 aliphatic carbocycles. The van der Waals surface area contributed by atoms with Gasteiger partial charge in [-0.3, -0.25) is 9.59 Å². The Labute approximate surface area is 143 Å². The van der Waals surface area contributed by atoms with Crippen molar-refractivity contribution in [2.75, 3.05) is 0 Å². The highest BCUT2D eigenvalue weighted by atomic mass is 19.1. The summed E-state index contributed by atoms with van der Waals surface area (Å²) in [6.45, 7) is 0.115. The van der Waals surface area contributed by atoms with Crippen LogP contribution in [0.2, 0.25) is 0 Å². The SMILES string of the molecule is O=C(N[C@H]1CC[C@@H](C(=O)O)C1)c1ccc(COc2ccc(F)cc2)o1. The maximum atomic E-state index is 12.8. The topological polar surface area (TPSA) is 88.8 Å². The lowest BCUT2D eigenvalue weighted by Gasteiger charge is -2.11. The standard InChI is InChI=1S/C18H18FNO5/c19-12-2-5-14(6-3-12)24-10-15-7-8-16(25-15)17(21)20-13-4-1-11(9-13)18(22)23/h2-3,5-8,11,13H,1,4,9-10H2,(H,20,21)(H,22,23)/t11-,13+/m1/s1. The van der Waals surface area contributed by atoms with Crippen LogP contribution in [-0.2, 0) is 11.4 Å². The molecule has 1 heterocycles. The lowest BCUT2D eigenvalue weighted by molar-refractivity contribution is -0.141. The zero-order valence-corrected chi connectivity index (χ0v) is 13.4. The van der Waals surface area contributed by atoms with Crippen LogP contribution in [0.1, 0.15) is 35.6 Å². The molecule has 25 heavy (non-hydrogen) atoms. The Morgan fingerprint density at radius 1 is 1.20 bits per heavy atom. The second-order valence-electron chi connectivity index (χ2n) is 6.03. The molecule has 3 rings (SSSR count). The van der Waals surface area contributed by atoms with Crippen LogP contribution in [0.15, 0.2) is 40.8 Å². The number of carbonyl (C=O) groups is 2. The van der Waals surface area contributed by atoms with Gasteiger partial charge in [0.1, 0.15) is 23.9 Å². The van der Waals surface area contributed by atoms with Gasteiger partial charge >= 0.3 is 5.97 Å². The lowest BCUT2D eigenvalue weighted by Crippen LogP contribution is -2.33. The number of aliphatic carboxylic acids is 1. The molecule has 0 spiro atoms. The van der Waals surface area contributed by atoms with Crippen molar-refractivity contribution in [1.29, 1.82) is 0 Å². The van der Waals surface area contributed by atoms with Crippen LogP contribution in [0.4, 0.5) is 4.39 Å². The summed E-state index contributed by atoms with van der Waals surface area (Å²) >= 11 is 0. The number of halogens is 1. The van der Waals surface area contributed by atoms with Gasteiger partial charge in [-0.05, 0) is 55.7 Å².